The molecule has 0 aliphatic carbocycles. The number of aromatic nitrogens is 1. The van der Waals surface area contributed by atoms with Crippen LogP contribution in [-0.2, 0) is 14.6 Å². The van der Waals surface area contributed by atoms with Gasteiger partial charge in [0.1, 0.15) is 5.69 Å². The quantitative estimate of drug-likeness (QED) is 0.636. The summed E-state index contributed by atoms with van der Waals surface area (Å²) in [6.07, 6.45) is 0. The Balaban J connectivity index is 3.15. The first-order valence-electron chi connectivity index (χ1n) is 4.20. The first kappa shape index (κ1) is 11.9. The molecule has 1 rings (SSSR count). The van der Waals surface area contributed by atoms with Crippen molar-refractivity contribution in [2.75, 3.05) is 6.61 Å². The lowest BCUT2D eigenvalue weighted by molar-refractivity contribution is -0.156. The first-order chi connectivity index (χ1) is 7.00. The van der Waals surface area contributed by atoms with E-state index in [4.69, 9.17) is 21.4 Å². The monoisotopic (exact) mass is 233 g/mol. The van der Waals surface area contributed by atoms with Crippen LogP contribution >= 0.6 is 11.6 Å². The van der Waals surface area contributed by atoms with Crippen molar-refractivity contribution in [1.29, 1.82) is 0 Å². The molecule has 0 spiro atoms. The first-order valence-corrected chi connectivity index (χ1v) is 4.57. The standard InChI is InChI=1S/C9H9ClFNO3/c1-2-15-9(10,8(13)14)6-4-3-5-7(11)12-6/h3-5H,2H2,1H3,(H,13,14). The molecule has 0 aliphatic heterocycles. The Morgan fingerprint density at radius 2 is 2.40 bits per heavy atom. The molecule has 0 saturated heterocycles. The molecule has 0 aromatic carbocycles. The molecule has 0 saturated carbocycles. The van der Waals surface area contributed by atoms with E-state index in [1.807, 2.05) is 0 Å². The van der Waals surface area contributed by atoms with Gasteiger partial charge in [-0.1, -0.05) is 17.7 Å². The predicted molar refractivity (Wildman–Crippen MR) is 51.0 cm³/mol. The number of aliphatic carboxylic acids is 1. The molecule has 15 heavy (non-hydrogen) atoms. The number of carbonyl (C=O) groups is 1. The lowest BCUT2D eigenvalue weighted by Crippen LogP contribution is -2.34. The molecule has 0 bridgehead atoms. The van der Waals surface area contributed by atoms with Gasteiger partial charge in [-0.2, -0.15) is 4.39 Å². The van der Waals surface area contributed by atoms with E-state index in [2.05, 4.69) is 4.98 Å². The van der Waals surface area contributed by atoms with Crippen LogP contribution in [0.3, 0.4) is 0 Å². The molecular formula is C9H9ClFNO3. The molecule has 1 N–H and O–H groups in total. The zero-order valence-electron chi connectivity index (χ0n) is 7.91. The predicted octanol–water partition coefficient (Wildman–Crippen LogP) is 1.73. The third-order valence-electron chi connectivity index (χ3n) is 1.66. The van der Waals surface area contributed by atoms with Crippen LogP contribution in [0.2, 0.25) is 0 Å². The molecule has 82 valence electrons. The molecular weight excluding hydrogens is 225 g/mol. The maximum absolute atomic E-state index is 12.8. The Bertz CT molecular complexity index is 374. The topological polar surface area (TPSA) is 59.4 Å². The summed E-state index contributed by atoms with van der Waals surface area (Å²) < 4.78 is 17.7. The van der Waals surface area contributed by atoms with Crippen LogP contribution in [0.4, 0.5) is 4.39 Å². The van der Waals surface area contributed by atoms with Gasteiger partial charge in [-0.25, -0.2) is 9.78 Å². The van der Waals surface area contributed by atoms with E-state index < -0.39 is 17.0 Å². The van der Waals surface area contributed by atoms with Crippen molar-refractivity contribution in [2.24, 2.45) is 0 Å². The molecule has 1 aromatic rings. The normalized spacial score (nSPS) is 14.6. The molecule has 1 aromatic heterocycles. The number of pyridine rings is 1. The van der Waals surface area contributed by atoms with Crippen LogP contribution < -0.4 is 0 Å². The van der Waals surface area contributed by atoms with Gasteiger partial charge < -0.3 is 9.84 Å². The highest BCUT2D eigenvalue weighted by atomic mass is 35.5. The smallest absolute Gasteiger partial charge is 0.358 e. The SMILES string of the molecule is CCOC(Cl)(C(=O)O)c1cccc(F)n1. The number of carboxylic acid groups (broad SMARTS) is 1. The Kier molecular flexibility index (Phi) is 3.60. The number of carboxylic acids is 1. The highest BCUT2D eigenvalue weighted by Gasteiger charge is 2.41. The number of nitrogens with zero attached hydrogens (tertiary/aromatic N) is 1. The summed E-state index contributed by atoms with van der Waals surface area (Å²) in [6.45, 7) is 1.66. The number of hydrogen-bond donors (Lipinski definition) is 1. The van der Waals surface area contributed by atoms with Gasteiger partial charge in [0, 0.05) is 6.61 Å². The zero-order chi connectivity index (χ0) is 11.5. The summed E-state index contributed by atoms with van der Waals surface area (Å²) >= 11 is 5.72. The average Bonchev–Trinajstić information content (AvgIpc) is 2.17. The molecule has 4 nitrogen and oxygen atoms in total. The number of rotatable bonds is 4. The van der Waals surface area contributed by atoms with E-state index in [1.165, 1.54) is 12.1 Å². The van der Waals surface area contributed by atoms with Crippen molar-refractivity contribution in [2.45, 2.75) is 12.0 Å². The Hall–Kier alpha value is -1.20. The van der Waals surface area contributed by atoms with Crippen LogP contribution in [0, 0.1) is 5.95 Å². The molecule has 1 heterocycles. The maximum Gasteiger partial charge on any atom is 0.358 e. The fourth-order valence-corrected chi connectivity index (χ4v) is 1.25. The second-order valence-corrected chi connectivity index (χ2v) is 3.21. The van der Waals surface area contributed by atoms with E-state index in [1.54, 1.807) is 6.92 Å². The highest BCUT2D eigenvalue weighted by molar-refractivity contribution is 6.32. The van der Waals surface area contributed by atoms with Gasteiger partial charge in [0.2, 0.25) is 5.95 Å². The highest BCUT2D eigenvalue weighted by Crippen LogP contribution is 2.29. The largest absolute Gasteiger partial charge is 0.478 e. The van der Waals surface area contributed by atoms with Gasteiger partial charge in [-0.05, 0) is 19.1 Å². The second-order valence-electron chi connectivity index (χ2n) is 2.68. The molecule has 1 unspecified atom stereocenters. The van der Waals surface area contributed by atoms with E-state index in [-0.39, 0.29) is 12.3 Å². The Labute approximate surface area is 90.6 Å². The summed E-state index contributed by atoms with van der Waals surface area (Å²) in [5.41, 5.74) is -0.182. The Morgan fingerprint density at radius 1 is 1.73 bits per heavy atom. The molecule has 0 radical (unpaired) electrons. The minimum atomic E-state index is -2.13. The van der Waals surface area contributed by atoms with Gasteiger partial charge in [0.15, 0.2) is 0 Å². The minimum absolute atomic E-state index is 0.0774. The molecule has 6 heteroatoms. The lowest BCUT2D eigenvalue weighted by Gasteiger charge is -2.21. The van der Waals surface area contributed by atoms with Crippen LogP contribution in [0.25, 0.3) is 0 Å². The van der Waals surface area contributed by atoms with E-state index >= 15 is 0 Å². The fourth-order valence-electron chi connectivity index (χ4n) is 1.03. The summed E-state index contributed by atoms with van der Waals surface area (Å²) in [7, 11) is 0. The zero-order valence-corrected chi connectivity index (χ0v) is 8.66. The molecule has 0 amide bonds. The van der Waals surface area contributed by atoms with Crippen molar-refractivity contribution >= 4 is 17.6 Å². The molecule has 0 aliphatic rings. The van der Waals surface area contributed by atoms with E-state index in [0.717, 1.165) is 6.07 Å². The average molecular weight is 234 g/mol. The van der Waals surface area contributed by atoms with Crippen LogP contribution in [0.1, 0.15) is 12.6 Å². The third-order valence-corrected chi connectivity index (χ3v) is 2.13. The van der Waals surface area contributed by atoms with Crippen LogP contribution in [0.15, 0.2) is 18.2 Å². The second kappa shape index (κ2) is 4.55. The number of ether oxygens (including phenoxy) is 1. The third kappa shape index (κ3) is 2.43. The summed E-state index contributed by atoms with van der Waals surface area (Å²) in [5.74, 6) is -2.23. The molecule has 1 atom stereocenters. The molecule has 0 fully saturated rings. The number of alkyl halides is 1. The van der Waals surface area contributed by atoms with E-state index in [9.17, 15) is 9.18 Å². The van der Waals surface area contributed by atoms with Gasteiger partial charge >= 0.3 is 5.97 Å². The van der Waals surface area contributed by atoms with Gasteiger partial charge in [-0.3, -0.25) is 0 Å². The van der Waals surface area contributed by atoms with Gasteiger partial charge in [0.05, 0.1) is 0 Å². The number of hydrogen-bond acceptors (Lipinski definition) is 3. The minimum Gasteiger partial charge on any atom is -0.478 e. The van der Waals surface area contributed by atoms with Gasteiger partial charge in [-0.15, -0.1) is 0 Å². The Morgan fingerprint density at radius 3 is 2.87 bits per heavy atom. The fraction of sp³-hybridized carbons (Fsp3) is 0.333. The summed E-state index contributed by atoms with van der Waals surface area (Å²) in [5, 5.41) is 6.76. The van der Waals surface area contributed by atoms with Crippen molar-refractivity contribution in [3.63, 3.8) is 0 Å². The van der Waals surface area contributed by atoms with Crippen molar-refractivity contribution in [1.82, 2.24) is 4.98 Å². The van der Waals surface area contributed by atoms with Crippen molar-refractivity contribution in [3.05, 3.63) is 29.8 Å². The summed E-state index contributed by atoms with van der Waals surface area (Å²) in [6, 6.07) is 3.70. The summed E-state index contributed by atoms with van der Waals surface area (Å²) in [4.78, 5) is 14.3. The maximum atomic E-state index is 12.8. The lowest BCUT2D eigenvalue weighted by atomic mass is 10.2. The van der Waals surface area contributed by atoms with Crippen molar-refractivity contribution < 1.29 is 19.0 Å². The van der Waals surface area contributed by atoms with Crippen LogP contribution in [-0.4, -0.2) is 22.7 Å². The number of halogens is 2. The van der Waals surface area contributed by atoms with Crippen molar-refractivity contribution in [3.8, 4) is 0 Å². The van der Waals surface area contributed by atoms with Gasteiger partial charge in [0.25, 0.3) is 5.06 Å². The van der Waals surface area contributed by atoms with Crippen LogP contribution in [0.5, 0.6) is 0 Å². The van der Waals surface area contributed by atoms with E-state index in [0.29, 0.717) is 0 Å².